The van der Waals surface area contributed by atoms with E-state index in [1.165, 1.54) is 12.1 Å². The maximum atomic E-state index is 16.5. The van der Waals surface area contributed by atoms with E-state index < -0.39 is 40.4 Å². The second-order valence-electron chi connectivity index (χ2n) is 12.1. The number of pyridine rings is 1. The van der Waals surface area contributed by atoms with Gasteiger partial charge in [0.1, 0.15) is 11.4 Å². The standard InChI is InChI=1S/C32H33F4N3O3/c33-28-24-16-21(23-8-11-27(40)38-29(23)41)17-37-26(24)10-9-25(28)31(42)14-15-39(19-30(31)12-2-1-3-13-30)18-20-4-6-22(7-5-20)32(34,35)36/h4-7,9-10,16-17,23,42H,1-3,8,11-15,18-19H2,(H,38,40,41)/t23?,31-/m0/s1. The van der Waals surface area contributed by atoms with E-state index in [9.17, 15) is 27.9 Å². The fourth-order valence-corrected chi connectivity index (χ4v) is 7.34. The first kappa shape index (κ1) is 28.7. The Kier molecular flexibility index (Phi) is 7.33. The van der Waals surface area contributed by atoms with Crippen LogP contribution >= 0.6 is 0 Å². The van der Waals surface area contributed by atoms with Gasteiger partial charge in [-0.3, -0.25) is 24.8 Å². The van der Waals surface area contributed by atoms with Crippen molar-refractivity contribution < 1.29 is 32.3 Å². The lowest BCUT2D eigenvalue weighted by Crippen LogP contribution is -2.58. The summed E-state index contributed by atoms with van der Waals surface area (Å²) in [6.45, 7) is 1.39. The first-order chi connectivity index (χ1) is 20.0. The van der Waals surface area contributed by atoms with Gasteiger partial charge < -0.3 is 5.11 Å². The average Bonchev–Trinajstić information content (AvgIpc) is 2.96. The molecule has 0 bridgehead atoms. The summed E-state index contributed by atoms with van der Waals surface area (Å²) < 4.78 is 55.6. The number of halogens is 4. The number of hydrogen-bond donors (Lipinski definition) is 2. The molecule has 0 radical (unpaired) electrons. The zero-order valence-corrected chi connectivity index (χ0v) is 23.1. The molecule has 3 fully saturated rings. The molecule has 1 saturated carbocycles. The van der Waals surface area contributed by atoms with Crippen molar-refractivity contribution in [3.8, 4) is 0 Å². The van der Waals surface area contributed by atoms with Crippen LogP contribution < -0.4 is 5.32 Å². The maximum absolute atomic E-state index is 16.5. The Morgan fingerprint density at radius 3 is 2.45 bits per heavy atom. The number of aromatic nitrogens is 1. The molecule has 1 aromatic heterocycles. The zero-order valence-electron chi connectivity index (χ0n) is 23.1. The van der Waals surface area contributed by atoms with Crippen molar-refractivity contribution in [2.45, 2.75) is 75.6 Å². The third-order valence-corrected chi connectivity index (χ3v) is 9.60. The molecule has 10 heteroatoms. The van der Waals surface area contributed by atoms with Crippen molar-refractivity contribution >= 4 is 22.7 Å². The van der Waals surface area contributed by atoms with Crippen LogP contribution in [0.4, 0.5) is 17.6 Å². The van der Waals surface area contributed by atoms with Crippen molar-refractivity contribution in [1.29, 1.82) is 0 Å². The molecule has 2 aromatic carbocycles. The third kappa shape index (κ3) is 5.08. The lowest BCUT2D eigenvalue weighted by molar-refractivity contribution is -0.161. The van der Waals surface area contributed by atoms with Crippen LogP contribution in [0.2, 0.25) is 0 Å². The number of alkyl halides is 3. The highest BCUT2D eigenvalue weighted by Crippen LogP contribution is 2.55. The smallest absolute Gasteiger partial charge is 0.384 e. The Hall–Kier alpha value is -3.37. The summed E-state index contributed by atoms with van der Waals surface area (Å²) in [6.07, 6.45) is 2.17. The lowest BCUT2D eigenvalue weighted by Gasteiger charge is -2.56. The normalized spacial score (nSPS) is 25.1. The second kappa shape index (κ2) is 10.7. The maximum Gasteiger partial charge on any atom is 0.416 e. The van der Waals surface area contributed by atoms with Gasteiger partial charge in [-0.1, -0.05) is 37.5 Å². The van der Waals surface area contributed by atoms with E-state index in [1.54, 1.807) is 24.4 Å². The number of rotatable bonds is 4. The van der Waals surface area contributed by atoms with Crippen LogP contribution in [0.15, 0.2) is 48.7 Å². The molecule has 222 valence electrons. The number of nitrogens with one attached hydrogen (secondary N) is 1. The van der Waals surface area contributed by atoms with Gasteiger partial charge in [-0.15, -0.1) is 0 Å². The van der Waals surface area contributed by atoms with Crippen molar-refractivity contribution in [1.82, 2.24) is 15.2 Å². The minimum atomic E-state index is -4.39. The Morgan fingerprint density at radius 2 is 1.76 bits per heavy atom. The number of hydrogen-bond acceptors (Lipinski definition) is 5. The van der Waals surface area contributed by atoms with Crippen LogP contribution in [-0.4, -0.2) is 39.9 Å². The van der Waals surface area contributed by atoms with Crippen LogP contribution in [0.3, 0.4) is 0 Å². The van der Waals surface area contributed by atoms with Gasteiger partial charge in [0.2, 0.25) is 11.8 Å². The topological polar surface area (TPSA) is 82.5 Å². The molecule has 3 aliphatic rings. The molecular formula is C32H33F4N3O3. The van der Waals surface area contributed by atoms with Crippen molar-refractivity contribution in [3.05, 3.63) is 76.7 Å². The lowest BCUT2D eigenvalue weighted by atomic mass is 9.57. The van der Waals surface area contributed by atoms with E-state index in [-0.39, 0.29) is 29.7 Å². The number of piperidine rings is 2. The van der Waals surface area contributed by atoms with E-state index in [0.29, 0.717) is 50.0 Å². The third-order valence-electron chi connectivity index (χ3n) is 9.60. The Bertz CT molecular complexity index is 1520. The molecule has 3 heterocycles. The summed E-state index contributed by atoms with van der Waals surface area (Å²) >= 11 is 0. The number of fused-ring (bicyclic) bond motifs is 1. The summed E-state index contributed by atoms with van der Waals surface area (Å²) in [6, 6.07) is 10.1. The molecule has 1 spiro atoms. The second-order valence-corrected chi connectivity index (χ2v) is 12.1. The largest absolute Gasteiger partial charge is 0.416 e. The van der Waals surface area contributed by atoms with Crippen molar-refractivity contribution in [2.75, 3.05) is 13.1 Å². The van der Waals surface area contributed by atoms with E-state index in [0.717, 1.165) is 37.0 Å². The Morgan fingerprint density at radius 1 is 1.02 bits per heavy atom. The molecule has 2 N–H and O–H groups in total. The zero-order chi connectivity index (χ0) is 29.7. The van der Waals surface area contributed by atoms with Crippen molar-refractivity contribution in [3.63, 3.8) is 0 Å². The fourth-order valence-electron chi connectivity index (χ4n) is 7.34. The summed E-state index contributed by atoms with van der Waals surface area (Å²) in [7, 11) is 0. The first-order valence-electron chi connectivity index (χ1n) is 14.5. The van der Waals surface area contributed by atoms with E-state index in [2.05, 4.69) is 15.2 Å². The Balaban J connectivity index is 1.31. The summed E-state index contributed by atoms with van der Waals surface area (Å²) in [4.78, 5) is 30.6. The van der Waals surface area contributed by atoms with Crippen LogP contribution in [-0.2, 0) is 27.9 Å². The van der Waals surface area contributed by atoms with Gasteiger partial charge in [0, 0.05) is 48.6 Å². The number of nitrogens with zero attached hydrogens (tertiary/aromatic N) is 2. The van der Waals surface area contributed by atoms with Gasteiger partial charge in [0.25, 0.3) is 0 Å². The highest BCUT2D eigenvalue weighted by Gasteiger charge is 2.55. The number of benzene rings is 2. The minimum absolute atomic E-state index is 0.197. The monoisotopic (exact) mass is 583 g/mol. The molecule has 2 amide bonds. The number of imide groups is 1. The highest BCUT2D eigenvalue weighted by molar-refractivity contribution is 6.01. The van der Waals surface area contributed by atoms with E-state index >= 15 is 4.39 Å². The molecule has 2 atom stereocenters. The Labute approximate surface area is 241 Å². The number of amides is 2. The predicted octanol–water partition coefficient (Wildman–Crippen LogP) is 5.96. The summed E-state index contributed by atoms with van der Waals surface area (Å²) in [5.74, 6) is -1.92. The van der Waals surface area contributed by atoms with Gasteiger partial charge in [-0.05, 0) is 61.1 Å². The predicted molar refractivity (Wildman–Crippen MR) is 148 cm³/mol. The molecule has 2 saturated heterocycles. The van der Waals surface area contributed by atoms with Gasteiger partial charge >= 0.3 is 6.18 Å². The number of carbonyl (C=O) groups is 2. The molecule has 3 aromatic rings. The molecule has 42 heavy (non-hydrogen) atoms. The van der Waals surface area contributed by atoms with E-state index in [1.807, 2.05) is 0 Å². The molecule has 6 rings (SSSR count). The SMILES string of the molecule is O=C1CCC(c2cnc3ccc([C@@]4(O)CCN(Cc5ccc(C(F)(F)F)cc5)CC45CCCCC5)c(F)c3c2)C(=O)N1. The summed E-state index contributed by atoms with van der Waals surface area (Å²) in [5.41, 5.74) is -0.866. The molecule has 1 aliphatic carbocycles. The number of carbonyl (C=O) groups excluding carboxylic acids is 2. The minimum Gasteiger partial charge on any atom is -0.384 e. The molecule has 2 aliphatic heterocycles. The number of aliphatic hydroxyl groups is 1. The van der Waals surface area contributed by atoms with Crippen molar-refractivity contribution in [2.24, 2.45) is 5.41 Å². The highest BCUT2D eigenvalue weighted by atomic mass is 19.4. The van der Waals surface area contributed by atoms with Crippen LogP contribution in [0.1, 0.15) is 79.5 Å². The van der Waals surface area contributed by atoms with Gasteiger partial charge in [-0.2, -0.15) is 13.2 Å². The summed E-state index contributed by atoms with van der Waals surface area (Å²) in [5, 5.41) is 15.0. The van der Waals surface area contributed by atoms with Crippen LogP contribution in [0.25, 0.3) is 10.9 Å². The van der Waals surface area contributed by atoms with E-state index in [4.69, 9.17) is 0 Å². The van der Waals surface area contributed by atoms with Gasteiger partial charge in [0.05, 0.1) is 17.0 Å². The first-order valence-corrected chi connectivity index (χ1v) is 14.5. The molecular weight excluding hydrogens is 550 g/mol. The molecule has 6 nitrogen and oxygen atoms in total. The quantitative estimate of drug-likeness (QED) is 0.293. The van der Waals surface area contributed by atoms with Crippen LogP contribution in [0, 0.1) is 11.2 Å². The van der Waals surface area contributed by atoms with Crippen LogP contribution in [0.5, 0.6) is 0 Å². The van der Waals surface area contributed by atoms with Gasteiger partial charge in [0.15, 0.2) is 0 Å². The average molecular weight is 584 g/mol. The van der Waals surface area contributed by atoms with Gasteiger partial charge in [-0.25, -0.2) is 4.39 Å². The fraction of sp³-hybridized carbons (Fsp3) is 0.469. The molecule has 1 unspecified atom stereocenters. The number of likely N-dealkylation sites (tertiary alicyclic amines) is 1.